The molecule has 0 unspecified atom stereocenters. The molecule has 0 aromatic heterocycles. The molecule has 3 nitrogen and oxygen atoms in total. The van der Waals surface area contributed by atoms with Gasteiger partial charge >= 0.3 is 0 Å². The standard InChI is InChI=1S/C10H12BrNO2/c1-6-4-9(12-7(2)13)8(11)5-10(6)14-3/h4-5H,1-3H3,(H,12,13). The van der Waals surface area contributed by atoms with Gasteiger partial charge in [0.25, 0.3) is 0 Å². The van der Waals surface area contributed by atoms with Crippen LogP contribution in [0.5, 0.6) is 5.75 Å². The van der Waals surface area contributed by atoms with E-state index in [9.17, 15) is 4.79 Å². The van der Waals surface area contributed by atoms with Crippen LogP contribution in [0.4, 0.5) is 5.69 Å². The molecule has 1 N–H and O–H groups in total. The Morgan fingerprint density at radius 2 is 2.14 bits per heavy atom. The second-order valence-corrected chi connectivity index (χ2v) is 3.84. The van der Waals surface area contributed by atoms with Gasteiger partial charge in [-0.25, -0.2) is 0 Å². The summed E-state index contributed by atoms with van der Waals surface area (Å²) in [7, 11) is 1.62. The molecule has 0 spiro atoms. The lowest BCUT2D eigenvalue weighted by Gasteiger charge is -2.10. The van der Waals surface area contributed by atoms with E-state index < -0.39 is 0 Å². The van der Waals surface area contributed by atoms with Crippen LogP contribution < -0.4 is 10.1 Å². The largest absolute Gasteiger partial charge is 0.496 e. The Balaban J connectivity index is 3.08. The van der Waals surface area contributed by atoms with Crippen molar-refractivity contribution in [3.05, 3.63) is 22.2 Å². The van der Waals surface area contributed by atoms with E-state index in [2.05, 4.69) is 21.2 Å². The number of anilines is 1. The van der Waals surface area contributed by atoms with Crippen molar-refractivity contribution in [3.8, 4) is 5.75 Å². The number of benzene rings is 1. The maximum absolute atomic E-state index is 10.9. The number of halogens is 1. The number of hydrogen-bond acceptors (Lipinski definition) is 2. The van der Waals surface area contributed by atoms with E-state index in [0.717, 1.165) is 21.5 Å². The zero-order valence-electron chi connectivity index (χ0n) is 8.35. The van der Waals surface area contributed by atoms with Gasteiger partial charge in [0.2, 0.25) is 5.91 Å². The number of nitrogens with one attached hydrogen (secondary N) is 1. The highest BCUT2D eigenvalue weighted by atomic mass is 79.9. The van der Waals surface area contributed by atoms with Crippen molar-refractivity contribution in [1.29, 1.82) is 0 Å². The highest BCUT2D eigenvalue weighted by Gasteiger charge is 2.06. The highest BCUT2D eigenvalue weighted by Crippen LogP contribution is 2.30. The molecule has 0 saturated carbocycles. The van der Waals surface area contributed by atoms with Crippen molar-refractivity contribution in [3.63, 3.8) is 0 Å². The summed E-state index contributed by atoms with van der Waals surface area (Å²) in [6.45, 7) is 3.41. The van der Waals surface area contributed by atoms with Gasteiger partial charge in [-0.3, -0.25) is 4.79 Å². The average molecular weight is 258 g/mol. The first-order valence-electron chi connectivity index (χ1n) is 4.16. The minimum atomic E-state index is -0.0877. The van der Waals surface area contributed by atoms with Crippen LogP contribution in [0, 0.1) is 6.92 Å². The minimum absolute atomic E-state index is 0.0877. The van der Waals surface area contributed by atoms with Crippen molar-refractivity contribution < 1.29 is 9.53 Å². The van der Waals surface area contributed by atoms with Gasteiger partial charge in [0.1, 0.15) is 5.75 Å². The van der Waals surface area contributed by atoms with Crippen molar-refractivity contribution in [2.75, 3.05) is 12.4 Å². The van der Waals surface area contributed by atoms with Gasteiger partial charge < -0.3 is 10.1 Å². The molecule has 0 heterocycles. The monoisotopic (exact) mass is 257 g/mol. The molecular formula is C10H12BrNO2. The number of carbonyl (C=O) groups excluding carboxylic acids is 1. The summed E-state index contributed by atoms with van der Waals surface area (Å²) in [5, 5.41) is 2.72. The lowest BCUT2D eigenvalue weighted by molar-refractivity contribution is -0.114. The number of amides is 1. The predicted octanol–water partition coefficient (Wildman–Crippen LogP) is 2.72. The average Bonchev–Trinajstić information content (AvgIpc) is 2.10. The fourth-order valence-electron chi connectivity index (χ4n) is 1.17. The van der Waals surface area contributed by atoms with Crippen LogP contribution in [-0.4, -0.2) is 13.0 Å². The van der Waals surface area contributed by atoms with Crippen molar-refractivity contribution in [2.45, 2.75) is 13.8 Å². The van der Waals surface area contributed by atoms with E-state index in [1.165, 1.54) is 6.92 Å². The molecule has 0 aliphatic carbocycles. The lowest BCUT2D eigenvalue weighted by atomic mass is 10.2. The van der Waals surface area contributed by atoms with E-state index in [0.29, 0.717) is 0 Å². The molecular weight excluding hydrogens is 246 g/mol. The summed E-state index contributed by atoms with van der Waals surface area (Å²) in [6, 6.07) is 3.70. The fraction of sp³-hybridized carbons (Fsp3) is 0.300. The van der Waals surface area contributed by atoms with Crippen LogP contribution >= 0.6 is 15.9 Å². The summed E-state index contributed by atoms with van der Waals surface area (Å²) >= 11 is 3.36. The smallest absolute Gasteiger partial charge is 0.221 e. The Morgan fingerprint density at radius 1 is 1.50 bits per heavy atom. The summed E-state index contributed by atoms with van der Waals surface area (Å²) in [5.74, 6) is 0.709. The zero-order chi connectivity index (χ0) is 10.7. The van der Waals surface area contributed by atoms with Gasteiger partial charge in [0.15, 0.2) is 0 Å². The quantitative estimate of drug-likeness (QED) is 0.885. The molecule has 14 heavy (non-hydrogen) atoms. The highest BCUT2D eigenvalue weighted by molar-refractivity contribution is 9.10. The summed E-state index contributed by atoms with van der Waals surface area (Å²) in [5.41, 5.74) is 1.75. The molecule has 0 aliphatic rings. The van der Waals surface area contributed by atoms with Crippen LogP contribution in [0.1, 0.15) is 12.5 Å². The Morgan fingerprint density at radius 3 is 2.64 bits per heavy atom. The van der Waals surface area contributed by atoms with E-state index in [1.807, 2.05) is 19.1 Å². The van der Waals surface area contributed by atoms with Gasteiger partial charge in [-0.1, -0.05) is 0 Å². The first-order valence-corrected chi connectivity index (χ1v) is 4.95. The Kier molecular flexibility index (Phi) is 3.52. The summed E-state index contributed by atoms with van der Waals surface area (Å²) in [6.07, 6.45) is 0. The van der Waals surface area contributed by atoms with Gasteiger partial charge in [-0.2, -0.15) is 0 Å². The molecule has 0 fully saturated rings. The number of aryl methyl sites for hydroxylation is 1. The Labute approximate surface area is 91.6 Å². The molecule has 4 heteroatoms. The molecule has 0 atom stereocenters. The number of methoxy groups -OCH3 is 1. The first-order chi connectivity index (χ1) is 6.54. The van der Waals surface area contributed by atoms with Crippen molar-refractivity contribution in [1.82, 2.24) is 0 Å². The van der Waals surface area contributed by atoms with Crippen LogP contribution in [0.25, 0.3) is 0 Å². The summed E-state index contributed by atoms with van der Waals surface area (Å²) in [4.78, 5) is 10.9. The van der Waals surface area contributed by atoms with Crippen molar-refractivity contribution in [2.24, 2.45) is 0 Å². The summed E-state index contributed by atoms with van der Waals surface area (Å²) < 4.78 is 5.96. The molecule has 0 radical (unpaired) electrons. The molecule has 1 rings (SSSR count). The second kappa shape index (κ2) is 4.46. The van der Waals surface area contributed by atoms with E-state index in [-0.39, 0.29) is 5.91 Å². The van der Waals surface area contributed by atoms with E-state index in [1.54, 1.807) is 7.11 Å². The molecule has 1 aromatic carbocycles. The molecule has 1 amide bonds. The molecule has 0 aliphatic heterocycles. The molecule has 0 saturated heterocycles. The molecule has 1 aromatic rings. The van der Waals surface area contributed by atoms with Gasteiger partial charge in [-0.05, 0) is 40.5 Å². The van der Waals surface area contributed by atoms with Crippen LogP contribution in [-0.2, 0) is 4.79 Å². The lowest BCUT2D eigenvalue weighted by Crippen LogP contribution is -2.06. The fourth-order valence-corrected chi connectivity index (χ4v) is 1.59. The topological polar surface area (TPSA) is 38.3 Å². The van der Waals surface area contributed by atoms with Crippen LogP contribution in [0.3, 0.4) is 0 Å². The third-order valence-corrected chi connectivity index (χ3v) is 2.45. The van der Waals surface area contributed by atoms with E-state index >= 15 is 0 Å². The third kappa shape index (κ3) is 2.48. The SMILES string of the molecule is COc1cc(Br)c(NC(C)=O)cc1C. The zero-order valence-corrected chi connectivity index (χ0v) is 9.94. The maximum atomic E-state index is 10.9. The van der Waals surface area contributed by atoms with Gasteiger partial charge in [-0.15, -0.1) is 0 Å². The Hall–Kier alpha value is -1.03. The minimum Gasteiger partial charge on any atom is -0.496 e. The van der Waals surface area contributed by atoms with E-state index in [4.69, 9.17) is 4.74 Å². The number of ether oxygens (including phenoxy) is 1. The second-order valence-electron chi connectivity index (χ2n) is 2.98. The van der Waals surface area contributed by atoms with Crippen molar-refractivity contribution >= 4 is 27.5 Å². The Bertz CT molecular complexity index is 363. The van der Waals surface area contributed by atoms with Crippen LogP contribution in [0.2, 0.25) is 0 Å². The number of hydrogen-bond donors (Lipinski definition) is 1. The molecule has 76 valence electrons. The predicted molar refractivity (Wildman–Crippen MR) is 59.7 cm³/mol. The van der Waals surface area contributed by atoms with Gasteiger partial charge in [0.05, 0.1) is 12.8 Å². The van der Waals surface area contributed by atoms with Gasteiger partial charge in [0, 0.05) is 11.4 Å². The number of rotatable bonds is 2. The van der Waals surface area contributed by atoms with Crippen LogP contribution in [0.15, 0.2) is 16.6 Å². The molecule has 0 bridgehead atoms. The number of carbonyl (C=O) groups is 1. The maximum Gasteiger partial charge on any atom is 0.221 e. The first kappa shape index (κ1) is 11.0. The normalized spacial score (nSPS) is 9.71. The third-order valence-electron chi connectivity index (χ3n) is 1.80.